The van der Waals surface area contributed by atoms with Crippen LogP contribution in [0.4, 0.5) is 0 Å². The van der Waals surface area contributed by atoms with Gasteiger partial charge in [-0.3, -0.25) is 19.2 Å². The van der Waals surface area contributed by atoms with Crippen molar-refractivity contribution in [1.82, 2.24) is 0 Å². The highest BCUT2D eigenvalue weighted by Crippen LogP contribution is 2.05. The first-order valence-corrected chi connectivity index (χ1v) is 8.05. The Labute approximate surface area is 125 Å². The molecular formula is C10H10O10S2. The van der Waals surface area contributed by atoms with Crippen LogP contribution in [0.1, 0.15) is 12.8 Å². The SMILES string of the molecule is C=CC(=O)S(=O)(=O)OC(=O)CCC(=O)OS(=O)(=O)C(=O)C=C. The Morgan fingerprint density at radius 2 is 1.00 bits per heavy atom. The van der Waals surface area contributed by atoms with Gasteiger partial charge in [-0.15, -0.1) is 0 Å². The number of rotatable bonds is 5. The van der Waals surface area contributed by atoms with E-state index in [2.05, 4.69) is 21.5 Å². The smallest absolute Gasteiger partial charge is 0.340 e. The lowest BCUT2D eigenvalue weighted by Crippen LogP contribution is -2.22. The van der Waals surface area contributed by atoms with Gasteiger partial charge >= 0.3 is 42.4 Å². The minimum absolute atomic E-state index is 0.393. The van der Waals surface area contributed by atoms with Gasteiger partial charge in [0.1, 0.15) is 0 Å². The van der Waals surface area contributed by atoms with Gasteiger partial charge in [-0.25, -0.2) is 0 Å². The average molecular weight is 354 g/mol. The second-order valence-corrected chi connectivity index (χ2v) is 6.32. The molecule has 0 aromatic rings. The van der Waals surface area contributed by atoms with Crippen LogP contribution < -0.4 is 0 Å². The van der Waals surface area contributed by atoms with Gasteiger partial charge in [-0.05, 0) is 12.2 Å². The number of hydrogen-bond acceptors (Lipinski definition) is 10. The summed E-state index contributed by atoms with van der Waals surface area (Å²) in [6, 6.07) is 0. The van der Waals surface area contributed by atoms with Crippen LogP contribution in [0.15, 0.2) is 25.3 Å². The van der Waals surface area contributed by atoms with Gasteiger partial charge in [0.05, 0.1) is 12.8 Å². The van der Waals surface area contributed by atoms with Crippen molar-refractivity contribution in [3.05, 3.63) is 25.3 Å². The molecule has 122 valence electrons. The van der Waals surface area contributed by atoms with Crippen molar-refractivity contribution in [1.29, 1.82) is 0 Å². The predicted octanol–water partition coefficient (Wildman–Crippen LogP) is -1.06. The molecule has 0 heterocycles. The fourth-order valence-electron chi connectivity index (χ4n) is 0.818. The van der Waals surface area contributed by atoms with Gasteiger partial charge in [-0.2, -0.15) is 16.8 Å². The summed E-state index contributed by atoms with van der Waals surface area (Å²) in [6.07, 6.45) is -1.02. The summed E-state index contributed by atoms with van der Waals surface area (Å²) >= 11 is 0. The zero-order valence-electron chi connectivity index (χ0n) is 10.9. The van der Waals surface area contributed by atoms with Crippen molar-refractivity contribution in [2.45, 2.75) is 12.8 Å². The molecule has 0 aromatic carbocycles. The molecular weight excluding hydrogens is 344 g/mol. The van der Waals surface area contributed by atoms with E-state index in [1.165, 1.54) is 0 Å². The Kier molecular flexibility index (Phi) is 6.80. The molecule has 0 aliphatic heterocycles. The maximum atomic E-state index is 11.1. The molecule has 0 spiro atoms. The summed E-state index contributed by atoms with van der Waals surface area (Å²) in [5.74, 6) is -3.00. The van der Waals surface area contributed by atoms with Crippen LogP contribution >= 0.6 is 0 Å². The van der Waals surface area contributed by atoms with Gasteiger partial charge in [0.15, 0.2) is 0 Å². The first-order chi connectivity index (χ1) is 9.96. The van der Waals surface area contributed by atoms with Gasteiger partial charge in [0, 0.05) is 0 Å². The zero-order chi connectivity index (χ0) is 17.6. The first-order valence-electron chi connectivity index (χ1n) is 5.23. The Morgan fingerprint density at radius 1 is 0.727 bits per heavy atom. The summed E-state index contributed by atoms with van der Waals surface area (Å²) in [6.45, 7) is 5.74. The molecule has 0 aliphatic carbocycles. The van der Waals surface area contributed by atoms with Gasteiger partial charge in [-0.1, -0.05) is 13.2 Å². The molecule has 0 rings (SSSR count). The lowest BCUT2D eigenvalue weighted by molar-refractivity contribution is -0.140. The molecule has 0 amide bonds. The predicted molar refractivity (Wildman–Crippen MR) is 69.7 cm³/mol. The van der Waals surface area contributed by atoms with Crippen molar-refractivity contribution in [2.75, 3.05) is 0 Å². The van der Waals surface area contributed by atoms with Crippen LogP contribution in [0, 0.1) is 0 Å². The van der Waals surface area contributed by atoms with Gasteiger partial charge in [0.25, 0.3) is 0 Å². The Bertz CT molecular complexity index is 662. The summed E-state index contributed by atoms with van der Waals surface area (Å²) < 4.78 is 51.8. The molecule has 10 nitrogen and oxygen atoms in total. The topological polar surface area (TPSA) is 155 Å². The van der Waals surface area contributed by atoms with Crippen LogP contribution in [-0.2, 0) is 47.8 Å². The maximum absolute atomic E-state index is 11.1. The highest BCUT2D eigenvalue weighted by atomic mass is 32.2. The first kappa shape index (κ1) is 19.7. The van der Waals surface area contributed by atoms with Crippen molar-refractivity contribution < 1.29 is 44.4 Å². The fourth-order valence-corrected chi connectivity index (χ4v) is 2.05. The molecule has 0 fully saturated rings. The third-order valence-electron chi connectivity index (χ3n) is 1.76. The van der Waals surface area contributed by atoms with E-state index in [1.807, 2.05) is 0 Å². The van der Waals surface area contributed by atoms with Crippen LogP contribution in [0.25, 0.3) is 0 Å². The van der Waals surface area contributed by atoms with E-state index in [4.69, 9.17) is 0 Å². The van der Waals surface area contributed by atoms with Crippen molar-refractivity contribution >= 4 is 42.4 Å². The zero-order valence-corrected chi connectivity index (χ0v) is 12.5. The van der Waals surface area contributed by atoms with Crippen molar-refractivity contribution in [3.63, 3.8) is 0 Å². The van der Waals surface area contributed by atoms with Gasteiger partial charge in [0.2, 0.25) is 0 Å². The van der Waals surface area contributed by atoms with E-state index in [0.717, 1.165) is 0 Å². The molecule has 12 heteroatoms. The summed E-state index contributed by atoms with van der Waals surface area (Å²) in [5, 5.41) is -3.13. The maximum Gasteiger partial charge on any atom is 0.380 e. The summed E-state index contributed by atoms with van der Waals surface area (Å²) in [4.78, 5) is 43.8. The van der Waals surface area contributed by atoms with E-state index in [1.54, 1.807) is 0 Å². The van der Waals surface area contributed by atoms with Gasteiger partial charge < -0.3 is 8.37 Å². The minimum atomic E-state index is -4.85. The number of carbonyl (C=O) groups is 4. The second-order valence-electron chi connectivity index (χ2n) is 3.37. The van der Waals surface area contributed by atoms with Crippen LogP contribution in [0.2, 0.25) is 0 Å². The monoisotopic (exact) mass is 354 g/mol. The van der Waals surface area contributed by atoms with E-state index < -0.39 is 55.2 Å². The van der Waals surface area contributed by atoms with E-state index >= 15 is 0 Å². The number of hydrogen-bond donors (Lipinski definition) is 0. The highest BCUT2D eigenvalue weighted by molar-refractivity contribution is 8.03. The van der Waals surface area contributed by atoms with E-state index in [0.29, 0.717) is 12.2 Å². The molecule has 0 bridgehead atoms. The summed E-state index contributed by atoms with van der Waals surface area (Å²) in [5.41, 5.74) is 0. The average Bonchev–Trinajstić information content (AvgIpc) is 2.42. The fraction of sp³-hybridized carbons (Fsp3) is 0.200. The second kappa shape index (κ2) is 7.61. The van der Waals surface area contributed by atoms with Crippen molar-refractivity contribution in [3.8, 4) is 0 Å². The van der Waals surface area contributed by atoms with E-state index in [-0.39, 0.29) is 0 Å². The van der Waals surface area contributed by atoms with Crippen LogP contribution in [-0.4, -0.2) is 39.0 Å². The molecule has 0 saturated carbocycles. The Hall–Kier alpha value is -2.34. The molecule has 0 N–H and O–H groups in total. The lowest BCUT2D eigenvalue weighted by Gasteiger charge is -2.03. The molecule has 0 radical (unpaired) electrons. The standard InChI is InChI=1S/C10H10O10S2/c1-3-9(13)21(15,16)19-7(11)5-6-8(12)20-22(17,18)10(14)4-2/h3-4H,1-2,5-6H2. The quantitative estimate of drug-likeness (QED) is 0.440. The molecule has 0 saturated heterocycles. The minimum Gasteiger partial charge on any atom is -0.340 e. The molecule has 0 aliphatic rings. The normalized spacial score (nSPS) is 11.1. The van der Waals surface area contributed by atoms with Crippen molar-refractivity contribution in [2.24, 2.45) is 0 Å². The number of carbonyl (C=O) groups excluding carboxylic acids is 4. The Morgan fingerprint density at radius 3 is 1.23 bits per heavy atom. The molecule has 0 unspecified atom stereocenters. The largest absolute Gasteiger partial charge is 0.380 e. The Balaban J connectivity index is 4.59. The summed E-state index contributed by atoms with van der Waals surface area (Å²) in [7, 11) is -9.71. The highest BCUT2D eigenvalue weighted by Gasteiger charge is 2.27. The third kappa shape index (κ3) is 5.97. The third-order valence-corrected chi connectivity index (χ3v) is 3.89. The van der Waals surface area contributed by atoms with Crippen LogP contribution in [0.5, 0.6) is 0 Å². The lowest BCUT2D eigenvalue weighted by atomic mass is 10.3. The van der Waals surface area contributed by atoms with E-state index in [9.17, 15) is 36.0 Å². The van der Waals surface area contributed by atoms with Crippen LogP contribution in [0.3, 0.4) is 0 Å². The molecule has 0 atom stereocenters. The molecule has 0 aromatic heterocycles. The molecule has 22 heavy (non-hydrogen) atoms.